The number of phosphoric acid groups is 1. The van der Waals surface area contributed by atoms with Crippen LogP contribution in [-0.2, 0) is 32.7 Å². The molecule has 0 aromatic heterocycles. The number of phosphoric ester groups is 1. The quantitative estimate of drug-likeness (QED) is 0.0211. The van der Waals surface area contributed by atoms with E-state index in [2.05, 4.69) is 26.0 Å². The summed E-state index contributed by atoms with van der Waals surface area (Å²) in [5.41, 5.74) is 0. The number of likely N-dealkylation sites (N-methyl/N-ethyl adjacent to an activating group) is 1. The van der Waals surface area contributed by atoms with Gasteiger partial charge in [-0.2, -0.15) is 0 Å². The fourth-order valence-corrected chi connectivity index (χ4v) is 9.81. The lowest BCUT2D eigenvalue weighted by Crippen LogP contribution is -2.37. The minimum absolute atomic E-state index is 0.0363. The lowest BCUT2D eigenvalue weighted by Gasteiger charge is -2.24. The summed E-state index contributed by atoms with van der Waals surface area (Å²) in [6, 6.07) is 0. The number of nitrogens with zero attached hydrogens (tertiary/aromatic N) is 1. The van der Waals surface area contributed by atoms with Crippen molar-refractivity contribution in [1.82, 2.24) is 0 Å². The zero-order chi connectivity index (χ0) is 51.3. The van der Waals surface area contributed by atoms with Crippen molar-refractivity contribution in [2.45, 2.75) is 315 Å². The van der Waals surface area contributed by atoms with Crippen molar-refractivity contribution in [3.05, 3.63) is 12.2 Å². The minimum atomic E-state index is -4.38. The summed E-state index contributed by atoms with van der Waals surface area (Å²) < 4.78 is 34.6. The second-order valence-corrected chi connectivity index (χ2v) is 23.6. The largest absolute Gasteiger partial charge is 0.472 e. The van der Waals surface area contributed by atoms with Crippen LogP contribution < -0.4 is 0 Å². The van der Waals surface area contributed by atoms with Crippen LogP contribution in [0.5, 0.6) is 0 Å². The van der Waals surface area contributed by atoms with Crippen LogP contribution in [0.2, 0.25) is 0 Å². The number of carbonyl (C=O) groups is 2. The molecule has 416 valence electrons. The standard InChI is InChI=1S/C60H118NO8P/c1-6-8-10-12-14-16-18-20-22-23-24-25-26-27-28-29-30-31-32-33-34-35-36-37-39-41-43-45-47-49-51-53-60(63)69-58(57-68-70(64,65)67-55-54-61(3,4)5)56-66-59(62)52-50-48-46-44-42-40-38-21-19-17-15-13-11-9-7-2/h23-24,58H,6-22,25-57H2,1-5H3/p+1/b24-23-. The van der Waals surface area contributed by atoms with Gasteiger partial charge in [0.25, 0.3) is 0 Å². The number of allylic oxidation sites excluding steroid dienone is 2. The summed E-state index contributed by atoms with van der Waals surface area (Å²) in [7, 11) is 1.50. The molecule has 2 unspecified atom stereocenters. The van der Waals surface area contributed by atoms with E-state index in [1.807, 2.05) is 21.1 Å². The van der Waals surface area contributed by atoms with Crippen molar-refractivity contribution in [3.63, 3.8) is 0 Å². The molecule has 70 heavy (non-hydrogen) atoms. The minimum Gasteiger partial charge on any atom is -0.462 e. The fraction of sp³-hybridized carbons (Fsp3) is 0.933. The van der Waals surface area contributed by atoms with Gasteiger partial charge in [0.1, 0.15) is 19.8 Å². The molecule has 0 saturated heterocycles. The number of rotatable bonds is 57. The second kappa shape index (κ2) is 52.6. The maximum Gasteiger partial charge on any atom is 0.472 e. The van der Waals surface area contributed by atoms with Gasteiger partial charge in [0, 0.05) is 12.8 Å². The third-order valence-corrected chi connectivity index (χ3v) is 14.8. The molecule has 0 aliphatic heterocycles. The monoisotopic (exact) mass is 1010 g/mol. The van der Waals surface area contributed by atoms with Gasteiger partial charge in [-0.15, -0.1) is 0 Å². The molecular weight excluding hydrogens is 894 g/mol. The molecule has 0 aromatic rings. The molecule has 0 heterocycles. The van der Waals surface area contributed by atoms with Crippen LogP contribution in [0.4, 0.5) is 0 Å². The van der Waals surface area contributed by atoms with E-state index in [4.69, 9.17) is 18.5 Å². The lowest BCUT2D eigenvalue weighted by atomic mass is 10.0. The topological polar surface area (TPSA) is 108 Å². The number of quaternary nitrogens is 1. The van der Waals surface area contributed by atoms with E-state index >= 15 is 0 Å². The maximum absolute atomic E-state index is 12.8. The van der Waals surface area contributed by atoms with Crippen molar-refractivity contribution in [3.8, 4) is 0 Å². The second-order valence-electron chi connectivity index (χ2n) is 22.1. The van der Waals surface area contributed by atoms with Crippen LogP contribution in [0.15, 0.2) is 12.2 Å². The average molecular weight is 1010 g/mol. The van der Waals surface area contributed by atoms with Crippen molar-refractivity contribution >= 4 is 19.8 Å². The number of esters is 2. The van der Waals surface area contributed by atoms with Gasteiger partial charge in [-0.05, 0) is 38.5 Å². The van der Waals surface area contributed by atoms with Crippen LogP contribution in [0.25, 0.3) is 0 Å². The van der Waals surface area contributed by atoms with Crippen molar-refractivity contribution in [2.75, 3.05) is 47.5 Å². The van der Waals surface area contributed by atoms with E-state index in [9.17, 15) is 19.0 Å². The third-order valence-electron chi connectivity index (χ3n) is 13.8. The molecule has 0 aliphatic rings. The number of hydrogen-bond acceptors (Lipinski definition) is 7. The molecule has 0 spiro atoms. The van der Waals surface area contributed by atoms with Gasteiger partial charge in [-0.1, -0.05) is 270 Å². The van der Waals surface area contributed by atoms with E-state index < -0.39 is 26.5 Å². The van der Waals surface area contributed by atoms with Crippen LogP contribution in [0, 0.1) is 0 Å². The van der Waals surface area contributed by atoms with E-state index in [0.717, 1.165) is 38.5 Å². The zero-order valence-electron chi connectivity index (χ0n) is 47.3. The first kappa shape index (κ1) is 68.8. The predicted octanol–water partition coefficient (Wildman–Crippen LogP) is 18.8. The highest BCUT2D eigenvalue weighted by Crippen LogP contribution is 2.43. The molecule has 1 N–H and O–H groups in total. The van der Waals surface area contributed by atoms with Gasteiger partial charge in [0.05, 0.1) is 27.7 Å². The molecular formula is C60H119NO8P+. The molecule has 0 amide bonds. The van der Waals surface area contributed by atoms with Crippen LogP contribution in [0.3, 0.4) is 0 Å². The third kappa shape index (κ3) is 56.1. The highest BCUT2D eigenvalue weighted by molar-refractivity contribution is 7.47. The first-order valence-corrected chi connectivity index (χ1v) is 31.9. The summed E-state index contributed by atoms with van der Waals surface area (Å²) >= 11 is 0. The van der Waals surface area contributed by atoms with Gasteiger partial charge in [-0.25, -0.2) is 4.57 Å². The highest BCUT2D eigenvalue weighted by Gasteiger charge is 2.27. The van der Waals surface area contributed by atoms with Gasteiger partial charge in [0.15, 0.2) is 6.10 Å². The molecule has 0 saturated carbocycles. The zero-order valence-corrected chi connectivity index (χ0v) is 48.2. The Kier molecular flexibility index (Phi) is 51.7. The van der Waals surface area contributed by atoms with Crippen molar-refractivity contribution in [2.24, 2.45) is 0 Å². The molecule has 0 fully saturated rings. The fourth-order valence-electron chi connectivity index (χ4n) is 9.07. The molecule has 0 radical (unpaired) electrons. The van der Waals surface area contributed by atoms with Crippen molar-refractivity contribution < 1.29 is 42.1 Å². The van der Waals surface area contributed by atoms with E-state index in [-0.39, 0.29) is 25.6 Å². The van der Waals surface area contributed by atoms with Gasteiger partial charge >= 0.3 is 19.8 Å². The van der Waals surface area contributed by atoms with E-state index in [1.165, 1.54) is 244 Å². The number of carbonyl (C=O) groups excluding carboxylic acids is 2. The van der Waals surface area contributed by atoms with Crippen LogP contribution in [-0.4, -0.2) is 74.9 Å². The Bertz CT molecular complexity index is 1190. The molecule has 10 heteroatoms. The predicted molar refractivity (Wildman–Crippen MR) is 298 cm³/mol. The molecule has 0 aliphatic carbocycles. The number of unbranched alkanes of at least 4 members (excludes halogenated alkanes) is 41. The smallest absolute Gasteiger partial charge is 0.462 e. The Morgan fingerprint density at radius 3 is 1.06 bits per heavy atom. The summed E-state index contributed by atoms with van der Waals surface area (Å²) in [4.78, 5) is 35.7. The van der Waals surface area contributed by atoms with E-state index in [0.29, 0.717) is 17.4 Å². The summed E-state index contributed by atoms with van der Waals surface area (Å²) in [5, 5.41) is 0. The molecule has 2 atom stereocenters. The number of ether oxygens (including phenoxy) is 2. The van der Waals surface area contributed by atoms with Crippen molar-refractivity contribution in [1.29, 1.82) is 0 Å². The van der Waals surface area contributed by atoms with Crippen LogP contribution in [0.1, 0.15) is 309 Å². The highest BCUT2D eigenvalue weighted by atomic mass is 31.2. The number of hydrogen-bond donors (Lipinski definition) is 1. The first-order valence-electron chi connectivity index (χ1n) is 30.4. The Morgan fingerprint density at radius 2 is 0.729 bits per heavy atom. The molecule has 0 aromatic carbocycles. The first-order chi connectivity index (χ1) is 34.0. The van der Waals surface area contributed by atoms with Gasteiger partial charge in [-0.3, -0.25) is 18.6 Å². The van der Waals surface area contributed by atoms with Crippen LogP contribution >= 0.6 is 7.82 Å². The average Bonchev–Trinajstić information content (AvgIpc) is 3.32. The summed E-state index contributed by atoms with van der Waals surface area (Å²) in [6.07, 6.45) is 61.5. The van der Waals surface area contributed by atoms with Gasteiger partial charge < -0.3 is 18.9 Å². The molecule has 9 nitrogen and oxygen atoms in total. The molecule has 0 bridgehead atoms. The molecule has 0 rings (SSSR count). The normalized spacial score (nSPS) is 13.3. The lowest BCUT2D eigenvalue weighted by molar-refractivity contribution is -0.870. The Hall–Kier alpha value is -1.25. The summed E-state index contributed by atoms with van der Waals surface area (Å²) in [6.45, 7) is 4.49. The van der Waals surface area contributed by atoms with E-state index in [1.54, 1.807) is 0 Å². The maximum atomic E-state index is 12.8. The van der Waals surface area contributed by atoms with Gasteiger partial charge in [0.2, 0.25) is 0 Å². The Labute approximate surface area is 435 Å². The Balaban J connectivity index is 4.00. The Morgan fingerprint density at radius 1 is 0.429 bits per heavy atom. The SMILES string of the molecule is CCCCCCCCCC/C=C\CCCCCCCCCCCCCCCCCCCCCC(=O)OC(COC(=O)CCCCCCCCCCCCCCCCC)COP(=O)(O)OCC[N+](C)(C)C. The summed E-state index contributed by atoms with van der Waals surface area (Å²) in [5.74, 6) is -0.777.